The Hall–Kier alpha value is 0.1000. The zero-order valence-electron chi connectivity index (χ0n) is 10.2. The van der Waals surface area contributed by atoms with E-state index in [1.807, 2.05) is 0 Å². The number of esters is 1. The standard InChI is InChI=1S/C10H17Cl2O5P/c1-9(2)10(13)14-7-8-17-18(15-5-3-11)16-6-4-12/h1,3-8H2,2H3. The van der Waals surface area contributed by atoms with Crippen molar-refractivity contribution < 1.29 is 23.1 Å². The molecule has 18 heavy (non-hydrogen) atoms. The van der Waals surface area contributed by atoms with Gasteiger partial charge in [0.25, 0.3) is 0 Å². The molecule has 0 heterocycles. The molecule has 0 saturated carbocycles. The molecule has 0 aromatic heterocycles. The monoisotopic (exact) mass is 318 g/mol. The quantitative estimate of drug-likeness (QED) is 0.193. The first kappa shape index (κ1) is 18.1. The van der Waals surface area contributed by atoms with Crippen molar-refractivity contribution >= 4 is 37.8 Å². The van der Waals surface area contributed by atoms with Crippen LogP contribution in [0.2, 0.25) is 0 Å². The van der Waals surface area contributed by atoms with Crippen molar-refractivity contribution in [3.63, 3.8) is 0 Å². The summed E-state index contributed by atoms with van der Waals surface area (Å²) in [6, 6.07) is 0. The van der Waals surface area contributed by atoms with Crippen molar-refractivity contribution in [2.45, 2.75) is 6.92 Å². The van der Waals surface area contributed by atoms with Crippen LogP contribution in [0.4, 0.5) is 0 Å². The van der Waals surface area contributed by atoms with Crippen LogP contribution in [-0.2, 0) is 23.1 Å². The van der Waals surface area contributed by atoms with Gasteiger partial charge in [0.05, 0.1) is 19.8 Å². The summed E-state index contributed by atoms with van der Waals surface area (Å²) >= 11 is 11.0. The predicted octanol–water partition coefficient (Wildman–Crippen LogP) is 2.86. The van der Waals surface area contributed by atoms with Crippen molar-refractivity contribution in [3.8, 4) is 0 Å². The molecule has 0 spiro atoms. The Labute approximate surface area is 118 Å². The molecule has 0 atom stereocenters. The van der Waals surface area contributed by atoms with Gasteiger partial charge in [-0.25, -0.2) is 4.79 Å². The maximum atomic E-state index is 11.1. The van der Waals surface area contributed by atoms with Gasteiger partial charge in [-0.2, -0.15) is 0 Å². The normalized spacial score (nSPS) is 10.7. The molecular formula is C10H17Cl2O5P. The Kier molecular flexibility index (Phi) is 12.2. The van der Waals surface area contributed by atoms with Crippen LogP contribution >= 0.6 is 31.8 Å². The van der Waals surface area contributed by atoms with Gasteiger partial charge in [-0.3, -0.25) is 0 Å². The van der Waals surface area contributed by atoms with Crippen LogP contribution in [0, 0.1) is 0 Å². The molecule has 0 unspecified atom stereocenters. The van der Waals surface area contributed by atoms with Crippen LogP contribution in [0.15, 0.2) is 12.2 Å². The molecule has 0 saturated heterocycles. The number of carbonyl (C=O) groups is 1. The number of hydrogen-bond donors (Lipinski definition) is 0. The van der Waals surface area contributed by atoms with Crippen LogP contribution in [0.5, 0.6) is 0 Å². The van der Waals surface area contributed by atoms with Gasteiger partial charge >= 0.3 is 14.6 Å². The lowest BCUT2D eigenvalue weighted by Crippen LogP contribution is -2.11. The van der Waals surface area contributed by atoms with Crippen molar-refractivity contribution in [3.05, 3.63) is 12.2 Å². The van der Waals surface area contributed by atoms with E-state index in [4.69, 9.17) is 41.5 Å². The molecule has 0 bridgehead atoms. The first-order valence-electron chi connectivity index (χ1n) is 5.25. The van der Waals surface area contributed by atoms with E-state index in [2.05, 4.69) is 6.58 Å². The second kappa shape index (κ2) is 12.2. The van der Waals surface area contributed by atoms with E-state index in [1.54, 1.807) is 6.92 Å². The van der Waals surface area contributed by atoms with Gasteiger partial charge in [-0.05, 0) is 6.92 Å². The van der Waals surface area contributed by atoms with E-state index < -0.39 is 14.6 Å². The average molecular weight is 319 g/mol. The van der Waals surface area contributed by atoms with E-state index in [-0.39, 0.29) is 13.2 Å². The lowest BCUT2D eigenvalue weighted by atomic mass is 10.4. The molecule has 0 aliphatic heterocycles. The fourth-order valence-electron chi connectivity index (χ4n) is 0.699. The maximum absolute atomic E-state index is 11.1. The molecule has 106 valence electrons. The molecule has 0 aliphatic rings. The van der Waals surface area contributed by atoms with Crippen molar-refractivity contribution in [1.82, 2.24) is 0 Å². The number of carbonyl (C=O) groups excluding carboxylic acids is 1. The van der Waals surface area contributed by atoms with Gasteiger partial charge in [0.1, 0.15) is 6.61 Å². The Morgan fingerprint density at radius 1 is 1.06 bits per heavy atom. The minimum Gasteiger partial charge on any atom is -0.460 e. The second-order valence-electron chi connectivity index (χ2n) is 3.02. The highest BCUT2D eigenvalue weighted by Crippen LogP contribution is 2.39. The Morgan fingerprint density at radius 3 is 2.00 bits per heavy atom. The van der Waals surface area contributed by atoms with Gasteiger partial charge in [0.15, 0.2) is 0 Å². The minimum absolute atomic E-state index is 0.110. The van der Waals surface area contributed by atoms with E-state index in [1.165, 1.54) is 0 Å². The van der Waals surface area contributed by atoms with Gasteiger partial charge in [-0.15, -0.1) is 23.2 Å². The highest BCUT2D eigenvalue weighted by molar-refractivity contribution is 7.41. The largest absolute Gasteiger partial charge is 0.460 e. The molecule has 5 nitrogen and oxygen atoms in total. The number of halogens is 2. The summed E-state index contributed by atoms with van der Waals surface area (Å²) in [5, 5.41) is 0. The predicted molar refractivity (Wildman–Crippen MR) is 72.0 cm³/mol. The van der Waals surface area contributed by atoms with E-state index in [0.717, 1.165) is 0 Å². The first-order chi connectivity index (χ1) is 8.61. The summed E-state index contributed by atoms with van der Waals surface area (Å²) in [5.41, 5.74) is 0.342. The summed E-state index contributed by atoms with van der Waals surface area (Å²) in [7, 11) is -1.50. The molecule has 0 rings (SSSR count). The zero-order valence-corrected chi connectivity index (χ0v) is 12.6. The number of ether oxygens (including phenoxy) is 1. The smallest absolute Gasteiger partial charge is 0.333 e. The van der Waals surface area contributed by atoms with Crippen LogP contribution in [0.1, 0.15) is 6.92 Å². The molecular weight excluding hydrogens is 302 g/mol. The fraction of sp³-hybridized carbons (Fsp3) is 0.700. The lowest BCUT2D eigenvalue weighted by molar-refractivity contribution is -0.139. The van der Waals surface area contributed by atoms with Crippen LogP contribution in [-0.4, -0.2) is 44.2 Å². The maximum Gasteiger partial charge on any atom is 0.333 e. The summed E-state index contributed by atoms with van der Waals surface area (Å²) in [6.07, 6.45) is 0. The third kappa shape index (κ3) is 10.1. The van der Waals surface area contributed by atoms with Crippen LogP contribution in [0.3, 0.4) is 0 Å². The SMILES string of the molecule is C=C(C)C(=O)OCCOP(OCCCl)OCCCl. The topological polar surface area (TPSA) is 54.0 Å². The zero-order chi connectivity index (χ0) is 13.8. The minimum atomic E-state index is -1.50. The average Bonchev–Trinajstić information content (AvgIpc) is 2.36. The van der Waals surface area contributed by atoms with Crippen molar-refractivity contribution in [2.24, 2.45) is 0 Å². The molecule has 0 aromatic carbocycles. The van der Waals surface area contributed by atoms with Crippen molar-refractivity contribution in [1.29, 1.82) is 0 Å². The van der Waals surface area contributed by atoms with Crippen LogP contribution < -0.4 is 0 Å². The van der Waals surface area contributed by atoms with Crippen molar-refractivity contribution in [2.75, 3.05) is 38.2 Å². The molecule has 0 N–H and O–H groups in total. The van der Waals surface area contributed by atoms with E-state index in [9.17, 15) is 4.79 Å². The number of rotatable bonds is 11. The second-order valence-corrected chi connectivity index (χ2v) is 5.00. The van der Waals surface area contributed by atoms with E-state index >= 15 is 0 Å². The van der Waals surface area contributed by atoms with Gasteiger partial charge < -0.3 is 18.3 Å². The first-order valence-corrected chi connectivity index (χ1v) is 7.41. The Morgan fingerprint density at radius 2 is 1.56 bits per heavy atom. The molecule has 0 amide bonds. The third-order valence-corrected chi connectivity index (χ3v) is 2.90. The Balaban J connectivity index is 3.73. The molecule has 0 aliphatic carbocycles. The highest BCUT2D eigenvalue weighted by Gasteiger charge is 2.12. The summed E-state index contributed by atoms with van der Waals surface area (Å²) < 4.78 is 20.6. The summed E-state index contributed by atoms with van der Waals surface area (Å²) in [4.78, 5) is 11.1. The number of hydrogen-bond acceptors (Lipinski definition) is 5. The lowest BCUT2D eigenvalue weighted by Gasteiger charge is -2.15. The Bertz CT molecular complexity index is 244. The molecule has 0 aromatic rings. The third-order valence-electron chi connectivity index (χ3n) is 1.41. The van der Waals surface area contributed by atoms with Crippen LogP contribution in [0.25, 0.3) is 0 Å². The highest BCUT2D eigenvalue weighted by atomic mass is 35.5. The van der Waals surface area contributed by atoms with E-state index in [0.29, 0.717) is 30.5 Å². The molecule has 8 heteroatoms. The molecule has 0 fully saturated rings. The fourth-order valence-corrected chi connectivity index (χ4v) is 2.00. The van der Waals surface area contributed by atoms with Gasteiger partial charge in [-0.1, -0.05) is 6.58 Å². The molecule has 0 radical (unpaired) electrons. The van der Waals surface area contributed by atoms with Gasteiger partial charge in [0.2, 0.25) is 0 Å². The summed E-state index contributed by atoms with van der Waals surface area (Å²) in [6.45, 7) is 5.96. The summed E-state index contributed by atoms with van der Waals surface area (Å²) in [5.74, 6) is 0.236. The number of alkyl halides is 2. The van der Waals surface area contributed by atoms with Gasteiger partial charge in [0, 0.05) is 17.3 Å².